The minimum Gasteiger partial charge on any atom is -0.388 e. The number of allylic oxidation sites excluding steroid dienone is 4. The van der Waals surface area contributed by atoms with Gasteiger partial charge in [0.05, 0.1) is 15.3 Å². The van der Waals surface area contributed by atoms with Crippen molar-refractivity contribution in [2.24, 2.45) is 28.6 Å². The Hall–Kier alpha value is -0.460. The topological polar surface area (TPSA) is 74.6 Å². The van der Waals surface area contributed by atoms with Gasteiger partial charge in [0.2, 0.25) is 0 Å². The van der Waals surface area contributed by atoms with E-state index in [9.17, 15) is 19.8 Å². The molecule has 9 atom stereocenters. The molecular weight excluding hydrogens is 454 g/mol. The average Bonchev–Trinajstić information content (AvgIpc) is 2.88. The van der Waals surface area contributed by atoms with Crippen LogP contribution in [0.25, 0.3) is 0 Å². The first-order chi connectivity index (χ1) is 13.8. The number of rotatable bonds is 2. The fourth-order valence-corrected chi connectivity index (χ4v) is 8.85. The van der Waals surface area contributed by atoms with Crippen molar-refractivity contribution in [3.05, 3.63) is 22.8 Å². The van der Waals surface area contributed by atoms with E-state index >= 15 is 4.39 Å². The first-order valence-electron chi connectivity index (χ1n) is 10.3. The van der Waals surface area contributed by atoms with E-state index in [2.05, 4.69) is 0 Å². The number of alkyl halides is 3. The van der Waals surface area contributed by atoms with Crippen LogP contribution in [0.2, 0.25) is 0 Å². The molecule has 4 aliphatic rings. The lowest BCUT2D eigenvalue weighted by atomic mass is 9.46. The lowest BCUT2D eigenvalue weighted by molar-refractivity contribution is -0.168. The molecule has 3 fully saturated rings. The van der Waals surface area contributed by atoms with Gasteiger partial charge >= 0.3 is 0 Å². The van der Waals surface area contributed by atoms with Crippen molar-refractivity contribution in [1.29, 1.82) is 0 Å². The minimum absolute atomic E-state index is 0.00531. The summed E-state index contributed by atoms with van der Waals surface area (Å²) in [6.07, 6.45) is 2.13. The van der Waals surface area contributed by atoms with E-state index < -0.39 is 62.9 Å². The molecule has 4 aliphatic carbocycles. The van der Waals surface area contributed by atoms with Gasteiger partial charge in [-0.25, -0.2) is 4.39 Å². The maximum Gasteiger partial charge on any atom is 0.196 e. The van der Waals surface area contributed by atoms with Gasteiger partial charge in [-0.3, -0.25) is 9.59 Å². The molecule has 0 saturated heterocycles. The van der Waals surface area contributed by atoms with Crippen molar-refractivity contribution >= 4 is 46.4 Å². The van der Waals surface area contributed by atoms with Crippen LogP contribution in [0.1, 0.15) is 40.0 Å². The third-order valence-electron chi connectivity index (χ3n) is 8.81. The number of fused-ring (bicyclic) bond motifs is 5. The van der Waals surface area contributed by atoms with Gasteiger partial charge in [-0.15, -0.1) is 23.2 Å². The summed E-state index contributed by atoms with van der Waals surface area (Å²) in [6, 6.07) is 0. The van der Waals surface area contributed by atoms with E-state index in [1.54, 1.807) is 26.8 Å². The monoisotopic (exact) mass is 478 g/mol. The first kappa shape index (κ1) is 22.7. The number of halogens is 4. The van der Waals surface area contributed by atoms with Gasteiger partial charge in [0.25, 0.3) is 0 Å². The van der Waals surface area contributed by atoms with Crippen molar-refractivity contribution in [1.82, 2.24) is 0 Å². The largest absolute Gasteiger partial charge is 0.388 e. The molecule has 8 heteroatoms. The van der Waals surface area contributed by atoms with Crippen molar-refractivity contribution in [3.8, 4) is 0 Å². The molecule has 2 N–H and O–H groups in total. The lowest BCUT2D eigenvalue weighted by Crippen LogP contribution is -2.69. The second-order valence-corrected chi connectivity index (χ2v) is 11.4. The van der Waals surface area contributed by atoms with Crippen LogP contribution in [0.3, 0.4) is 0 Å². The van der Waals surface area contributed by atoms with E-state index in [-0.39, 0.29) is 29.4 Å². The smallest absolute Gasteiger partial charge is 0.196 e. The molecule has 4 nitrogen and oxygen atoms in total. The highest BCUT2D eigenvalue weighted by Crippen LogP contribution is 2.72. The number of carbonyl (C=O) groups excluding carboxylic acids is 2. The second kappa shape index (κ2) is 6.77. The predicted octanol–water partition coefficient (Wildman–Crippen LogP) is 3.93. The number of Topliss-reactive ketones (excluding diaryl/α,β-unsaturated/α-hetero) is 1. The molecule has 30 heavy (non-hydrogen) atoms. The standard InChI is InChI=1S/C22H26Cl3FO4/c1-10-6-11-12-7-13(26)17-18(24)14(28)4-5-19(17,2)21(12,25)15(23)8-20(11,3)22(10,30)16(29)9-27/h4-5,10-13,15,27,30H,6-9H2,1-3H3/t10-,11+,12+,13+,15+,19+,20+,21+,22+/m1/s1. The molecule has 0 aromatic carbocycles. The average molecular weight is 480 g/mol. The van der Waals surface area contributed by atoms with Crippen LogP contribution in [0.4, 0.5) is 4.39 Å². The SMILES string of the molecule is C[C@@H]1C[C@H]2[C@@H]3C[C@H](F)C4=C(Cl)C(=O)C=C[C@]4(C)[C@@]3(Cl)[C@@H](Cl)C[C@]2(C)[C@@]1(O)C(=O)CO. The van der Waals surface area contributed by atoms with Crippen molar-refractivity contribution in [2.75, 3.05) is 6.61 Å². The van der Waals surface area contributed by atoms with Gasteiger partial charge in [0, 0.05) is 10.8 Å². The number of ketones is 2. The quantitative estimate of drug-likeness (QED) is 0.589. The van der Waals surface area contributed by atoms with E-state index in [4.69, 9.17) is 34.8 Å². The Morgan fingerprint density at radius 1 is 1.30 bits per heavy atom. The Labute approximate surface area is 190 Å². The maximum atomic E-state index is 15.6. The zero-order chi connectivity index (χ0) is 22.4. The van der Waals surface area contributed by atoms with E-state index in [0.717, 1.165) is 0 Å². The summed E-state index contributed by atoms with van der Waals surface area (Å²) in [5.74, 6) is -2.28. The summed E-state index contributed by atoms with van der Waals surface area (Å²) in [7, 11) is 0. The van der Waals surface area contributed by atoms with Crippen molar-refractivity contribution < 1.29 is 24.2 Å². The predicted molar refractivity (Wildman–Crippen MR) is 113 cm³/mol. The minimum atomic E-state index is -1.77. The molecule has 0 bridgehead atoms. The second-order valence-electron chi connectivity index (χ2n) is 9.89. The summed E-state index contributed by atoms with van der Waals surface area (Å²) >= 11 is 20.5. The third-order valence-corrected chi connectivity index (χ3v) is 10.7. The summed E-state index contributed by atoms with van der Waals surface area (Å²) in [4.78, 5) is 23.7. The molecule has 0 aromatic rings. The Morgan fingerprint density at radius 2 is 1.93 bits per heavy atom. The van der Waals surface area contributed by atoms with Crippen LogP contribution in [0.5, 0.6) is 0 Å². The van der Waals surface area contributed by atoms with E-state index in [0.29, 0.717) is 6.42 Å². The molecule has 4 rings (SSSR count). The fraction of sp³-hybridized carbons (Fsp3) is 0.727. The number of aliphatic hydroxyl groups is 2. The van der Waals surface area contributed by atoms with Gasteiger partial charge in [-0.05, 0) is 48.7 Å². The molecule has 166 valence electrons. The summed E-state index contributed by atoms with van der Waals surface area (Å²) in [5, 5.41) is 20.2. The maximum absolute atomic E-state index is 15.6. The molecule has 0 aliphatic heterocycles. The Kier molecular flexibility index (Phi) is 5.13. The molecular formula is C22H26Cl3FO4. The third kappa shape index (κ3) is 2.37. The zero-order valence-electron chi connectivity index (χ0n) is 17.1. The van der Waals surface area contributed by atoms with E-state index in [1.165, 1.54) is 6.08 Å². The summed E-state index contributed by atoms with van der Waals surface area (Å²) in [6.45, 7) is 4.56. The molecule has 0 amide bonds. The highest BCUT2D eigenvalue weighted by molar-refractivity contribution is 6.45. The number of carbonyl (C=O) groups is 2. The number of hydrogen-bond donors (Lipinski definition) is 2. The van der Waals surface area contributed by atoms with Crippen LogP contribution >= 0.6 is 34.8 Å². The van der Waals surface area contributed by atoms with Crippen LogP contribution in [-0.2, 0) is 9.59 Å². The number of hydrogen-bond acceptors (Lipinski definition) is 4. The zero-order valence-corrected chi connectivity index (χ0v) is 19.4. The van der Waals surface area contributed by atoms with Gasteiger partial charge < -0.3 is 10.2 Å². The van der Waals surface area contributed by atoms with Gasteiger partial charge in [-0.2, -0.15) is 0 Å². The Bertz CT molecular complexity index is 890. The molecule has 0 heterocycles. The molecule has 3 saturated carbocycles. The highest BCUT2D eigenvalue weighted by atomic mass is 35.5. The van der Waals surface area contributed by atoms with Crippen LogP contribution in [0, 0.1) is 28.6 Å². The van der Waals surface area contributed by atoms with Gasteiger partial charge in [-0.1, -0.05) is 38.4 Å². The Morgan fingerprint density at radius 3 is 2.53 bits per heavy atom. The van der Waals surface area contributed by atoms with Crippen molar-refractivity contribution in [3.63, 3.8) is 0 Å². The first-order valence-corrected chi connectivity index (χ1v) is 11.5. The number of aliphatic hydroxyl groups excluding tert-OH is 1. The van der Waals surface area contributed by atoms with Crippen LogP contribution in [-0.4, -0.2) is 50.4 Å². The molecule has 0 spiro atoms. The van der Waals surface area contributed by atoms with Gasteiger partial charge in [0.15, 0.2) is 11.6 Å². The van der Waals surface area contributed by atoms with E-state index in [1.807, 2.05) is 0 Å². The normalized spacial score (nSPS) is 52.7. The Balaban J connectivity index is 1.89. The lowest BCUT2D eigenvalue weighted by Gasteiger charge is -2.64. The van der Waals surface area contributed by atoms with Gasteiger partial charge in [0.1, 0.15) is 18.4 Å². The fourth-order valence-electron chi connectivity index (χ4n) is 7.28. The van der Waals surface area contributed by atoms with Crippen molar-refractivity contribution in [2.45, 2.75) is 62.1 Å². The highest BCUT2D eigenvalue weighted by Gasteiger charge is 2.75. The van der Waals surface area contributed by atoms with Crippen LogP contribution in [0.15, 0.2) is 22.8 Å². The summed E-state index contributed by atoms with van der Waals surface area (Å²) in [5.41, 5.74) is -3.64. The summed E-state index contributed by atoms with van der Waals surface area (Å²) < 4.78 is 15.6. The molecule has 0 radical (unpaired) electrons. The molecule has 0 aromatic heterocycles. The van der Waals surface area contributed by atoms with Crippen LogP contribution < -0.4 is 0 Å². The molecule has 0 unspecified atom stereocenters.